The Hall–Kier alpha value is -2.82. The maximum Gasteiger partial charge on any atom is 0.410 e. The number of aryl methyl sites for hydroxylation is 1. The van der Waals surface area contributed by atoms with Gasteiger partial charge in [0.2, 0.25) is 0 Å². The number of amides is 1. The van der Waals surface area contributed by atoms with Crippen LogP contribution in [0.3, 0.4) is 0 Å². The third-order valence-electron chi connectivity index (χ3n) is 5.83. The first-order valence-corrected chi connectivity index (χ1v) is 10.7. The number of fused-ring (bicyclic) bond motifs is 1. The van der Waals surface area contributed by atoms with Crippen molar-refractivity contribution in [2.24, 2.45) is 7.05 Å². The molecule has 0 unspecified atom stereocenters. The third kappa shape index (κ3) is 4.13. The zero-order chi connectivity index (χ0) is 23.2. The van der Waals surface area contributed by atoms with E-state index in [4.69, 9.17) is 0 Å². The highest BCUT2D eigenvalue weighted by Crippen LogP contribution is 2.44. The van der Waals surface area contributed by atoms with Crippen molar-refractivity contribution < 1.29 is 18.0 Å². The Morgan fingerprint density at radius 1 is 1.25 bits per heavy atom. The van der Waals surface area contributed by atoms with Gasteiger partial charge < -0.3 is 10.2 Å². The van der Waals surface area contributed by atoms with Gasteiger partial charge in [0.25, 0.3) is 5.91 Å². The lowest BCUT2D eigenvalue weighted by atomic mass is 9.96. The van der Waals surface area contributed by atoms with Gasteiger partial charge in [-0.2, -0.15) is 23.4 Å². The Bertz CT molecular complexity index is 1140. The molecule has 3 aromatic rings. The second-order valence-electron chi connectivity index (χ2n) is 7.93. The Morgan fingerprint density at radius 3 is 2.53 bits per heavy atom. The molecule has 32 heavy (non-hydrogen) atoms. The summed E-state index contributed by atoms with van der Waals surface area (Å²) in [6, 6.07) is 4.64. The molecule has 0 fully saturated rings. The van der Waals surface area contributed by atoms with Crippen molar-refractivity contribution >= 4 is 27.7 Å². The van der Waals surface area contributed by atoms with Crippen molar-refractivity contribution in [2.75, 3.05) is 12.4 Å². The molecule has 2 aromatic heterocycles. The zero-order valence-corrected chi connectivity index (χ0v) is 19.3. The van der Waals surface area contributed by atoms with Gasteiger partial charge in [-0.1, -0.05) is 28.1 Å². The molecule has 11 heteroatoms. The highest BCUT2D eigenvalue weighted by molar-refractivity contribution is 9.10. The first kappa shape index (κ1) is 22.4. The molecule has 1 aromatic carbocycles. The van der Waals surface area contributed by atoms with Crippen LogP contribution in [0.1, 0.15) is 45.7 Å². The Kier molecular flexibility index (Phi) is 5.78. The molecule has 2 atom stereocenters. The molecule has 1 N–H and O–H groups in total. The second kappa shape index (κ2) is 8.27. The normalized spacial score (nSPS) is 18.2. The molecule has 0 saturated carbocycles. The van der Waals surface area contributed by atoms with Crippen LogP contribution in [-0.4, -0.2) is 43.6 Å². The van der Waals surface area contributed by atoms with Crippen LogP contribution in [-0.2, 0) is 13.6 Å². The lowest BCUT2D eigenvalue weighted by Crippen LogP contribution is -2.36. The van der Waals surface area contributed by atoms with Crippen LogP contribution in [0.2, 0.25) is 0 Å². The molecule has 170 valence electrons. The molecule has 3 heterocycles. The van der Waals surface area contributed by atoms with Crippen LogP contribution in [0.15, 0.2) is 41.1 Å². The van der Waals surface area contributed by atoms with Crippen LogP contribution in [0, 0.1) is 6.92 Å². The number of carbonyl (C=O) groups is 1. The molecule has 0 bridgehead atoms. The fraction of sp³-hybridized carbons (Fsp3) is 0.381. The summed E-state index contributed by atoms with van der Waals surface area (Å²) in [7, 11) is 3.41. The van der Waals surface area contributed by atoms with Gasteiger partial charge in [0.05, 0.1) is 18.4 Å². The van der Waals surface area contributed by atoms with Gasteiger partial charge in [0, 0.05) is 42.8 Å². The molecule has 0 saturated heterocycles. The van der Waals surface area contributed by atoms with Crippen LogP contribution in [0.4, 0.5) is 19.0 Å². The number of hydrogen-bond acceptors (Lipinski definition) is 4. The van der Waals surface area contributed by atoms with Gasteiger partial charge >= 0.3 is 6.18 Å². The number of benzene rings is 1. The number of aromatic nitrogens is 4. The molecular weight excluding hydrogens is 489 g/mol. The van der Waals surface area contributed by atoms with Crippen molar-refractivity contribution in [3.05, 3.63) is 63.5 Å². The Morgan fingerprint density at radius 2 is 1.94 bits per heavy atom. The molecule has 1 aliphatic rings. The number of rotatable bonds is 4. The quantitative estimate of drug-likeness (QED) is 0.556. The molecule has 0 radical (unpaired) electrons. The fourth-order valence-corrected chi connectivity index (χ4v) is 4.13. The number of carbonyl (C=O) groups excluding carboxylic acids is 1. The summed E-state index contributed by atoms with van der Waals surface area (Å²) in [4.78, 5) is 14.6. The molecular formula is C21H22BrF3N6O. The summed E-state index contributed by atoms with van der Waals surface area (Å²) in [5.41, 5.74) is 2.57. The van der Waals surface area contributed by atoms with E-state index in [1.165, 1.54) is 11.1 Å². The molecule has 4 rings (SSSR count). The standard InChI is InChI=1S/C21H22BrF3N6O/c1-12-14(9-26-30(12)3)11-29(2)20(32)16-10-27-31-18(21(23,24)25)8-17(28-19(16)31)13-4-6-15(22)7-5-13/h4-7,9-10,17-18,28H,8,11H2,1-3H3/t17-,18+/m1/s1. The highest BCUT2D eigenvalue weighted by atomic mass is 79.9. The maximum atomic E-state index is 13.9. The molecule has 1 aliphatic heterocycles. The van der Waals surface area contributed by atoms with Gasteiger partial charge in [-0.25, -0.2) is 4.68 Å². The van der Waals surface area contributed by atoms with Gasteiger partial charge in [0.1, 0.15) is 11.4 Å². The van der Waals surface area contributed by atoms with Crippen LogP contribution < -0.4 is 5.32 Å². The zero-order valence-electron chi connectivity index (χ0n) is 17.7. The molecule has 1 amide bonds. The predicted molar refractivity (Wildman–Crippen MR) is 116 cm³/mol. The van der Waals surface area contributed by atoms with E-state index < -0.39 is 24.2 Å². The monoisotopic (exact) mass is 510 g/mol. The van der Waals surface area contributed by atoms with Gasteiger partial charge in [0.15, 0.2) is 6.04 Å². The van der Waals surface area contributed by atoms with Crippen molar-refractivity contribution in [3.63, 3.8) is 0 Å². The van der Waals surface area contributed by atoms with Crippen molar-refractivity contribution in [1.29, 1.82) is 0 Å². The SMILES string of the molecule is Cc1c(CN(C)C(=O)c2cnn3c2N[C@@H](c2ccc(Br)cc2)C[C@H]3C(F)(F)F)cnn1C. The van der Waals surface area contributed by atoms with E-state index in [1.807, 2.05) is 6.92 Å². The predicted octanol–water partition coefficient (Wildman–Crippen LogP) is 4.62. The van der Waals surface area contributed by atoms with Gasteiger partial charge in [-0.3, -0.25) is 9.48 Å². The smallest absolute Gasteiger partial charge is 0.363 e. The van der Waals surface area contributed by atoms with Crippen LogP contribution in [0.25, 0.3) is 0 Å². The Labute approximate surface area is 191 Å². The van der Waals surface area contributed by atoms with Crippen LogP contribution >= 0.6 is 15.9 Å². The minimum absolute atomic E-state index is 0.0752. The maximum absolute atomic E-state index is 13.9. The van der Waals surface area contributed by atoms with E-state index in [0.717, 1.165) is 20.4 Å². The number of alkyl halides is 3. The first-order valence-electron chi connectivity index (χ1n) is 9.95. The molecule has 0 spiro atoms. The minimum atomic E-state index is -4.50. The third-order valence-corrected chi connectivity index (χ3v) is 6.36. The molecule has 0 aliphatic carbocycles. The van der Waals surface area contributed by atoms with E-state index >= 15 is 0 Å². The lowest BCUT2D eigenvalue weighted by molar-refractivity contribution is -0.173. The fourth-order valence-electron chi connectivity index (χ4n) is 3.87. The second-order valence-corrected chi connectivity index (χ2v) is 8.85. The minimum Gasteiger partial charge on any atom is -0.363 e. The Balaban J connectivity index is 1.66. The average molecular weight is 511 g/mol. The summed E-state index contributed by atoms with van der Waals surface area (Å²) in [6.07, 6.45) is -1.85. The summed E-state index contributed by atoms with van der Waals surface area (Å²) in [5, 5.41) is 11.2. The van der Waals surface area contributed by atoms with E-state index in [0.29, 0.717) is 5.56 Å². The van der Waals surface area contributed by atoms with E-state index in [9.17, 15) is 18.0 Å². The van der Waals surface area contributed by atoms with Gasteiger partial charge in [-0.15, -0.1) is 0 Å². The van der Waals surface area contributed by atoms with E-state index in [2.05, 4.69) is 31.4 Å². The summed E-state index contributed by atoms with van der Waals surface area (Å²) in [5.74, 6) is -0.342. The molecule has 7 nitrogen and oxygen atoms in total. The highest BCUT2D eigenvalue weighted by Gasteiger charge is 2.47. The summed E-state index contributed by atoms with van der Waals surface area (Å²) >= 11 is 3.34. The van der Waals surface area contributed by atoms with E-state index in [1.54, 1.807) is 49.2 Å². The largest absolute Gasteiger partial charge is 0.410 e. The number of nitrogens with zero attached hydrogens (tertiary/aromatic N) is 5. The summed E-state index contributed by atoms with van der Waals surface area (Å²) in [6.45, 7) is 2.17. The lowest BCUT2D eigenvalue weighted by Gasteiger charge is -2.34. The van der Waals surface area contributed by atoms with E-state index in [-0.39, 0.29) is 24.3 Å². The summed E-state index contributed by atoms with van der Waals surface area (Å²) < 4.78 is 45.0. The first-order chi connectivity index (χ1) is 15.1. The number of nitrogens with one attached hydrogen (secondary N) is 1. The average Bonchev–Trinajstić information content (AvgIpc) is 3.30. The van der Waals surface area contributed by atoms with Gasteiger partial charge in [-0.05, 0) is 24.6 Å². The number of hydrogen-bond donors (Lipinski definition) is 1. The van der Waals surface area contributed by atoms with Crippen molar-refractivity contribution in [1.82, 2.24) is 24.5 Å². The van der Waals surface area contributed by atoms with Crippen molar-refractivity contribution in [3.8, 4) is 0 Å². The number of halogens is 4. The van der Waals surface area contributed by atoms with Crippen molar-refractivity contribution in [2.45, 2.75) is 38.1 Å². The topological polar surface area (TPSA) is 68.0 Å². The number of anilines is 1. The van der Waals surface area contributed by atoms with Crippen LogP contribution in [0.5, 0.6) is 0 Å².